The predicted molar refractivity (Wildman–Crippen MR) is 91.7 cm³/mol. The minimum Gasteiger partial charge on any atom is -0.381 e. The maximum Gasteiger partial charge on any atom is 0.132 e. The highest BCUT2D eigenvalue weighted by atomic mass is 15.2. The third-order valence-corrected chi connectivity index (χ3v) is 4.32. The van der Waals surface area contributed by atoms with E-state index in [1.54, 1.807) is 0 Å². The Morgan fingerprint density at radius 1 is 1.30 bits per heavy atom. The van der Waals surface area contributed by atoms with E-state index in [0.717, 1.165) is 47.7 Å². The summed E-state index contributed by atoms with van der Waals surface area (Å²) in [6.45, 7) is 3.94. The van der Waals surface area contributed by atoms with Gasteiger partial charge in [0.1, 0.15) is 11.6 Å². The second kappa shape index (κ2) is 5.87. The maximum atomic E-state index is 4.55. The Bertz CT molecular complexity index is 811. The van der Waals surface area contributed by atoms with Crippen LogP contribution >= 0.6 is 0 Å². The molecular formula is C17H20N6. The minimum absolute atomic E-state index is 0.420. The Morgan fingerprint density at radius 3 is 3.17 bits per heavy atom. The molecule has 1 aliphatic heterocycles. The summed E-state index contributed by atoms with van der Waals surface area (Å²) in [6, 6.07) is 8.73. The number of nitrogens with one attached hydrogen (secondary N) is 2. The number of benzene rings is 1. The summed E-state index contributed by atoms with van der Waals surface area (Å²) >= 11 is 0. The quantitative estimate of drug-likeness (QED) is 0.778. The molecule has 1 fully saturated rings. The molecule has 1 saturated heterocycles. The summed E-state index contributed by atoms with van der Waals surface area (Å²) in [4.78, 5) is 11.1. The van der Waals surface area contributed by atoms with E-state index in [2.05, 4.69) is 48.6 Å². The minimum atomic E-state index is 0.420. The number of nitrogens with zero attached hydrogens (tertiary/aromatic N) is 4. The summed E-state index contributed by atoms with van der Waals surface area (Å²) in [6.07, 6.45) is 6.03. The van der Waals surface area contributed by atoms with Gasteiger partial charge in [0.05, 0.1) is 11.7 Å². The number of H-pyrrole nitrogens is 1. The highest BCUT2D eigenvalue weighted by Gasteiger charge is 2.21. The standard InChI is InChI=1S/C17H20N6/c1-12-18-7-6-17(20-12)23-8-2-3-15(11-23)21-14-4-5-16-13(9-14)10-19-22-16/h4-7,9-10,15,21H,2-3,8,11H2,1H3,(H,19,22). The number of piperidine rings is 1. The molecule has 4 rings (SSSR count). The Morgan fingerprint density at radius 2 is 2.26 bits per heavy atom. The van der Waals surface area contributed by atoms with E-state index in [9.17, 15) is 0 Å². The third-order valence-electron chi connectivity index (χ3n) is 4.32. The van der Waals surface area contributed by atoms with E-state index in [0.29, 0.717) is 6.04 Å². The van der Waals surface area contributed by atoms with Crippen LogP contribution in [0.3, 0.4) is 0 Å². The van der Waals surface area contributed by atoms with Crippen LogP contribution in [0.25, 0.3) is 10.9 Å². The van der Waals surface area contributed by atoms with Crippen molar-refractivity contribution < 1.29 is 0 Å². The van der Waals surface area contributed by atoms with Crippen LogP contribution in [0.15, 0.2) is 36.7 Å². The van der Waals surface area contributed by atoms with Crippen molar-refractivity contribution >= 4 is 22.4 Å². The molecule has 6 nitrogen and oxygen atoms in total. The number of aromatic amines is 1. The van der Waals surface area contributed by atoms with E-state index >= 15 is 0 Å². The molecular weight excluding hydrogens is 288 g/mol. The molecule has 1 unspecified atom stereocenters. The van der Waals surface area contributed by atoms with Crippen LogP contribution in [0.2, 0.25) is 0 Å². The summed E-state index contributed by atoms with van der Waals surface area (Å²) in [7, 11) is 0. The lowest BCUT2D eigenvalue weighted by molar-refractivity contribution is 0.526. The van der Waals surface area contributed by atoms with Crippen molar-refractivity contribution in [3.8, 4) is 0 Å². The highest BCUT2D eigenvalue weighted by molar-refractivity contribution is 5.81. The summed E-state index contributed by atoms with van der Waals surface area (Å²) < 4.78 is 0. The molecule has 23 heavy (non-hydrogen) atoms. The van der Waals surface area contributed by atoms with Crippen molar-refractivity contribution in [3.63, 3.8) is 0 Å². The van der Waals surface area contributed by atoms with Gasteiger partial charge in [0.25, 0.3) is 0 Å². The molecule has 1 aliphatic rings. The number of hydrogen-bond donors (Lipinski definition) is 2. The van der Waals surface area contributed by atoms with Crippen molar-refractivity contribution in [1.82, 2.24) is 20.2 Å². The Kier molecular flexibility index (Phi) is 3.57. The van der Waals surface area contributed by atoms with Crippen LogP contribution in [0.5, 0.6) is 0 Å². The molecule has 0 spiro atoms. The van der Waals surface area contributed by atoms with Gasteiger partial charge in [0, 0.05) is 36.4 Å². The third kappa shape index (κ3) is 2.97. The molecule has 0 bridgehead atoms. The summed E-state index contributed by atoms with van der Waals surface area (Å²) in [5.74, 6) is 1.84. The van der Waals surface area contributed by atoms with E-state index in [1.165, 1.54) is 6.42 Å². The van der Waals surface area contributed by atoms with Gasteiger partial charge < -0.3 is 10.2 Å². The second-order valence-corrected chi connectivity index (χ2v) is 6.06. The molecule has 3 heterocycles. The fourth-order valence-electron chi connectivity index (χ4n) is 3.19. The predicted octanol–water partition coefficient (Wildman–Crippen LogP) is 2.74. The molecule has 3 aromatic rings. The molecule has 1 atom stereocenters. The molecule has 0 amide bonds. The SMILES string of the molecule is Cc1nccc(N2CCCC(Nc3ccc4[nH]ncc4c3)C2)n1. The van der Waals surface area contributed by atoms with Gasteiger partial charge in [0.2, 0.25) is 0 Å². The van der Waals surface area contributed by atoms with Crippen LogP contribution in [-0.2, 0) is 0 Å². The van der Waals surface area contributed by atoms with E-state index < -0.39 is 0 Å². The summed E-state index contributed by atoms with van der Waals surface area (Å²) in [5.41, 5.74) is 2.21. The van der Waals surface area contributed by atoms with Crippen molar-refractivity contribution in [2.24, 2.45) is 0 Å². The van der Waals surface area contributed by atoms with E-state index in [-0.39, 0.29) is 0 Å². The topological polar surface area (TPSA) is 69.7 Å². The number of rotatable bonds is 3. The lowest BCUT2D eigenvalue weighted by Crippen LogP contribution is -2.42. The monoisotopic (exact) mass is 308 g/mol. The largest absolute Gasteiger partial charge is 0.381 e. The lowest BCUT2D eigenvalue weighted by Gasteiger charge is -2.34. The van der Waals surface area contributed by atoms with Gasteiger partial charge in [-0.3, -0.25) is 5.10 Å². The number of hydrogen-bond acceptors (Lipinski definition) is 5. The first-order valence-corrected chi connectivity index (χ1v) is 8.02. The van der Waals surface area contributed by atoms with Gasteiger partial charge in [-0.15, -0.1) is 0 Å². The van der Waals surface area contributed by atoms with Gasteiger partial charge >= 0.3 is 0 Å². The fourth-order valence-corrected chi connectivity index (χ4v) is 3.19. The van der Waals surface area contributed by atoms with Gasteiger partial charge in [0.15, 0.2) is 0 Å². The van der Waals surface area contributed by atoms with E-state index in [1.807, 2.05) is 25.4 Å². The second-order valence-electron chi connectivity index (χ2n) is 6.06. The van der Waals surface area contributed by atoms with E-state index in [4.69, 9.17) is 0 Å². The first kappa shape index (κ1) is 14.0. The van der Waals surface area contributed by atoms with Crippen LogP contribution in [0, 0.1) is 6.92 Å². The van der Waals surface area contributed by atoms with Gasteiger partial charge in [-0.2, -0.15) is 5.10 Å². The zero-order chi connectivity index (χ0) is 15.6. The molecule has 6 heteroatoms. The Hall–Kier alpha value is -2.63. The van der Waals surface area contributed by atoms with Crippen LogP contribution in [-0.4, -0.2) is 39.3 Å². The zero-order valence-corrected chi connectivity index (χ0v) is 13.2. The normalized spacial score (nSPS) is 18.3. The molecule has 2 N–H and O–H groups in total. The van der Waals surface area contributed by atoms with Gasteiger partial charge in [-0.1, -0.05) is 0 Å². The molecule has 0 saturated carbocycles. The average molecular weight is 308 g/mol. The number of aryl methyl sites for hydroxylation is 1. The zero-order valence-electron chi connectivity index (χ0n) is 13.2. The van der Waals surface area contributed by atoms with Crippen LogP contribution in [0.1, 0.15) is 18.7 Å². The summed E-state index contributed by atoms with van der Waals surface area (Å²) in [5, 5.41) is 11.8. The molecule has 0 radical (unpaired) electrons. The number of anilines is 2. The lowest BCUT2D eigenvalue weighted by atomic mass is 10.1. The highest BCUT2D eigenvalue weighted by Crippen LogP contribution is 2.22. The first-order valence-electron chi connectivity index (χ1n) is 8.02. The maximum absolute atomic E-state index is 4.55. The van der Waals surface area contributed by atoms with Crippen molar-refractivity contribution in [2.75, 3.05) is 23.3 Å². The van der Waals surface area contributed by atoms with Crippen LogP contribution in [0.4, 0.5) is 11.5 Å². The number of fused-ring (bicyclic) bond motifs is 1. The molecule has 0 aliphatic carbocycles. The van der Waals surface area contributed by atoms with Crippen molar-refractivity contribution in [1.29, 1.82) is 0 Å². The molecule has 2 aromatic heterocycles. The molecule has 118 valence electrons. The smallest absolute Gasteiger partial charge is 0.132 e. The molecule has 1 aromatic carbocycles. The van der Waals surface area contributed by atoms with Crippen LogP contribution < -0.4 is 10.2 Å². The first-order chi connectivity index (χ1) is 11.3. The van der Waals surface area contributed by atoms with Crippen molar-refractivity contribution in [3.05, 3.63) is 42.5 Å². The number of aromatic nitrogens is 4. The van der Waals surface area contributed by atoms with Gasteiger partial charge in [-0.25, -0.2) is 9.97 Å². The van der Waals surface area contributed by atoms with Crippen molar-refractivity contribution in [2.45, 2.75) is 25.8 Å². The fraction of sp³-hybridized carbons (Fsp3) is 0.353. The Balaban J connectivity index is 1.48. The van der Waals surface area contributed by atoms with Gasteiger partial charge in [-0.05, 0) is 44.0 Å². The Labute approximate surface area is 135 Å². The average Bonchev–Trinajstić information content (AvgIpc) is 3.03.